The van der Waals surface area contributed by atoms with Crippen molar-refractivity contribution in [2.45, 2.75) is 18.9 Å². The van der Waals surface area contributed by atoms with E-state index < -0.39 is 12.0 Å². The van der Waals surface area contributed by atoms with Gasteiger partial charge in [-0.25, -0.2) is 0 Å². The minimum atomic E-state index is -0.595. The molecule has 2 aliphatic heterocycles. The van der Waals surface area contributed by atoms with Crippen LogP contribution in [0.25, 0.3) is 0 Å². The molecule has 5 rings (SSSR count). The molecule has 0 bridgehead atoms. The molecule has 0 aliphatic carbocycles. The molecule has 0 aromatic heterocycles. The summed E-state index contributed by atoms with van der Waals surface area (Å²) < 4.78 is 27.0. The lowest BCUT2D eigenvalue weighted by atomic mass is 9.83. The lowest BCUT2D eigenvalue weighted by Crippen LogP contribution is -2.47. The fraction of sp³-hybridized carbons (Fsp3) is 0.286. The molecule has 2 aliphatic rings. The Labute approximate surface area is 225 Å². The van der Waals surface area contributed by atoms with E-state index >= 15 is 0 Å². The van der Waals surface area contributed by atoms with Gasteiger partial charge in [0, 0.05) is 24.2 Å². The molecule has 3 aromatic carbocycles. The fourth-order valence-corrected chi connectivity index (χ4v) is 5.11. The maximum absolute atomic E-state index is 13.8. The van der Waals surface area contributed by atoms with Gasteiger partial charge in [-0.1, -0.05) is 23.7 Å². The second kappa shape index (κ2) is 10.7. The standard InChI is InChI=1S/C28H27ClN2O7/c1-34-18-7-4-16(5-8-18)27-19(28(33)30-21-13-20(29)23(35-2)14-24(21)36-3)9-11-26(32)31(27)17-6-10-22-25(12-17)38-15-37-22/h4-8,10,12-14,19,27H,9,11,15H2,1-3H3,(H,30,33). The third-order valence-corrected chi connectivity index (χ3v) is 7.05. The van der Waals surface area contributed by atoms with Gasteiger partial charge in [0.15, 0.2) is 11.5 Å². The minimum absolute atomic E-state index is 0.0983. The monoisotopic (exact) mass is 538 g/mol. The summed E-state index contributed by atoms with van der Waals surface area (Å²) in [5, 5.41) is 3.29. The third kappa shape index (κ3) is 4.77. The number of anilines is 2. The molecule has 2 atom stereocenters. The van der Waals surface area contributed by atoms with E-state index in [0.29, 0.717) is 51.6 Å². The highest BCUT2D eigenvalue weighted by molar-refractivity contribution is 6.32. The molecule has 1 saturated heterocycles. The van der Waals surface area contributed by atoms with Crippen LogP contribution in [0.2, 0.25) is 5.02 Å². The number of hydrogen-bond donors (Lipinski definition) is 1. The van der Waals surface area contributed by atoms with Crippen LogP contribution in [-0.2, 0) is 9.59 Å². The molecule has 198 valence electrons. The first kappa shape index (κ1) is 25.5. The highest BCUT2D eigenvalue weighted by atomic mass is 35.5. The van der Waals surface area contributed by atoms with Crippen LogP contribution in [0.3, 0.4) is 0 Å². The highest BCUT2D eigenvalue weighted by Crippen LogP contribution is 2.44. The number of hydrogen-bond acceptors (Lipinski definition) is 7. The Morgan fingerprint density at radius 2 is 1.68 bits per heavy atom. The Morgan fingerprint density at radius 1 is 0.947 bits per heavy atom. The van der Waals surface area contributed by atoms with Gasteiger partial charge in [0.25, 0.3) is 0 Å². The number of methoxy groups -OCH3 is 3. The number of nitrogens with zero attached hydrogens (tertiary/aromatic N) is 1. The van der Waals surface area contributed by atoms with E-state index in [9.17, 15) is 9.59 Å². The number of amides is 2. The van der Waals surface area contributed by atoms with Crippen molar-refractivity contribution in [2.24, 2.45) is 5.92 Å². The first-order chi connectivity index (χ1) is 18.4. The summed E-state index contributed by atoms with van der Waals surface area (Å²) in [7, 11) is 4.59. The molecular formula is C28H27ClN2O7. The van der Waals surface area contributed by atoms with Gasteiger partial charge in [0.2, 0.25) is 18.6 Å². The largest absolute Gasteiger partial charge is 0.497 e. The summed E-state index contributed by atoms with van der Waals surface area (Å²) in [6.07, 6.45) is 0.550. The Kier molecular flexibility index (Phi) is 7.20. The van der Waals surface area contributed by atoms with Crippen LogP contribution >= 0.6 is 11.6 Å². The zero-order valence-corrected chi connectivity index (χ0v) is 21.9. The first-order valence-electron chi connectivity index (χ1n) is 12.0. The van der Waals surface area contributed by atoms with E-state index in [0.717, 1.165) is 5.56 Å². The van der Waals surface area contributed by atoms with Gasteiger partial charge in [-0.05, 0) is 42.3 Å². The molecule has 0 radical (unpaired) electrons. The number of rotatable bonds is 7. The van der Waals surface area contributed by atoms with Crippen molar-refractivity contribution in [1.29, 1.82) is 0 Å². The number of benzene rings is 3. The summed E-state index contributed by atoms with van der Waals surface area (Å²) in [5.41, 5.74) is 1.81. The number of ether oxygens (including phenoxy) is 5. The summed E-state index contributed by atoms with van der Waals surface area (Å²) in [5.74, 6) is 1.70. The van der Waals surface area contributed by atoms with Crippen molar-refractivity contribution < 1.29 is 33.3 Å². The first-order valence-corrected chi connectivity index (χ1v) is 12.4. The number of fused-ring (bicyclic) bond motifs is 1. The average molecular weight is 539 g/mol. The quantitative estimate of drug-likeness (QED) is 0.441. The summed E-state index contributed by atoms with van der Waals surface area (Å²) in [6.45, 7) is 0.117. The van der Waals surface area contributed by atoms with Crippen molar-refractivity contribution in [3.63, 3.8) is 0 Å². The molecule has 38 heavy (non-hydrogen) atoms. The van der Waals surface area contributed by atoms with Crippen molar-refractivity contribution in [1.82, 2.24) is 0 Å². The van der Waals surface area contributed by atoms with Gasteiger partial charge in [0.1, 0.15) is 17.2 Å². The molecule has 10 heteroatoms. The Bertz CT molecular complexity index is 1360. The average Bonchev–Trinajstić information content (AvgIpc) is 3.41. The molecule has 2 amide bonds. The Hall–Kier alpha value is -4.11. The SMILES string of the molecule is COc1ccc(C2C(C(=O)Nc3cc(Cl)c(OC)cc3OC)CCC(=O)N2c2ccc3c(c2)OCO3)cc1. The molecule has 1 N–H and O–H groups in total. The number of carbonyl (C=O) groups is 2. The van der Waals surface area contributed by atoms with E-state index in [1.165, 1.54) is 14.2 Å². The predicted molar refractivity (Wildman–Crippen MR) is 142 cm³/mol. The van der Waals surface area contributed by atoms with Crippen LogP contribution < -0.4 is 33.9 Å². The molecule has 9 nitrogen and oxygen atoms in total. The fourth-order valence-electron chi connectivity index (χ4n) is 4.87. The maximum atomic E-state index is 13.8. The zero-order valence-electron chi connectivity index (χ0n) is 21.2. The number of carbonyl (C=O) groups excluding carboxylic acids is 2. The number of piperidine rings is 1. The Morgan fingerprint density at radius 3 is 2.39 bits per heavy atom. The van der Waals surface area contributed by atoms with Crippen LogP contribution in [0.4, 0.5) is 11.4 Å². The molecule has 2 unspecified atom stereocenters. The van der Waals surface area contributed by atoms with E-state index in [1.54, 1.807) is 42.3 Å². The van der Waals surface area contributed by atoms with Gasteiger partial charge >= 0.3 is 0 Å². The van der Waals surface area contributed by atoms with Gasteiger partial charge in [-0.15, -0.1) is 0 Å². The summed E-state index contributed by atoms with van der Waals surface area (Å²) in [6, 6.07) is 15.3. The normalized spacial score (nSPS) is 18.2. The highest BCUT2D eigenvalue weighted by Gasteiger charge is 2.42. The lowest BCUT2D eigenvalue weighted by Gasteiger charge is -2.41. The van der Waals surface area contributed by atoms with Crippen LogP contribution in [0.5, 0.6) is 28.7 Å². The third-order valence-electron chi connectivity index (χ3n) is 6.76. The van der Waals surface area contributed by atoms with E-state index in [2.05, 4.69) is 5.32 Å². The molecule has 0 saturated carbocycles. The molecule has 3 aromatic rings. The van der Waals surface area contributed by atoms with Crippen molar-refractivity contribution in [2.75, 3.05) is 38.3 Å². The molecular weight excluding hydrogens is 512 g/mol. The van der Waals surface area contributed by atoms with Crippen LogP contribution in [0.1, 0.15) is 24.4 Å². The van der Waals surface area contributed by atoms with Gasteiger partial charge < -0.3 is 33.9 Å². The van der Waals surface area contributed by atoms with E-state index in [-0.39, 0.29) is 25.0 Å². The van der Waals surface area contributed by atoms with Crippen molar-refractivity contribution in [3.05, 3.63) is 65.2 Å². The minimum Gasteiger partial charge on any atom is -0.497 e. The van der Waals surface area contributed by atoms with Crippen molar-refractivity contribution >= 4 is 34.8 Å². The second-order valence-corrected chi connectivity index (χ2v) is 9.25. The van der Waals surface area contributed by atoms with Crippen LogP contribution in [0.15, 0.2) is 54.6 Å². The van der Waals surface area contributed by atoms with E-state index in [1.807, 2.05) is 24.3 Å². The Balaban J connectivity index is 1.54. The lowest BCUT2D eigenvalue weighted by molar-refractivity contribution is -0.125. The predicted octanol–water partition coefficient (Wildman–Crippen LogP) is 5.22. The smallest absolute Gasteiger partial charge is 0.231 e. The van der Waals surface area contributed by atoms with Crippen LogP contribution in [0, 0.1) is 5.92 Å². The molecule has 1 fully saturated rings. The number of halogens is 1. The summed E-state index contributed by atoms with van der Waals surface area (Å²) in [4.78, 5) is 28.9. The summed E-state index contributed by atoms with van der Waals surface area (Å²) >= 11 is 6.33. The molecule has 0 spiro atoms. The number of nitrogens with one attached hydrogen (secondary N) is 1. The van der Waals surface area contributed by atoms with E-state index in [4.69, 9.17) is 35.3 Å². The van der Waals surface area contributed by atoms with Crippen LogP contribution in [-0.4, -0.2) is 39.9 Å². The van der Waals surface area contributed by atoms with Gasteiger partial charge in [-0.2, -0.15) is 0 Å². The topological polar surface area (TPSA) is 95.6 Å². The van der Waals surface area contributed by atoms with Crippen molar-refractivity contribution in [3.8, 4) is 28.7 Å². The zero-order chi connectivity index (χ0) is 26.8. The maximum Gasteiger partial charge on any atom is 0.231 e. The second-order valence-electron chi connectivity index (χ2n) is 8.84. The molecule has 2 heterocycles. The van der Waals surface area contributed by atoms with Gasteiger partial charge in [0.05, 0.1) is 44.0 Å². The van der Waals surface area contributed by atoms with Gasteiger partial charge in [-0.3, -0.25) is 9.59 Å².